The van der Waals surface area contributed by atoms with Crippen LogP contribution in [0.2, 0.25) is 0 Å². The lowest BCUT2D eigenvalue weighted by atomic mass is 9.88. The van der Waals surface area contributed by atoms with Crippen LogP contribution in [-0.4, -0.2) is 107 Å². The molecule has 0 amide bonds. The highest BCUT2D eigenvalue weighted by Gasteiger charge is 2.30. The molecule has 280 valence electrons. The molecule has 10 heteroatoms. The first kappa shape index (κ1) is 39.2. The van der Waals surface area contributed by atoms with Crippen molar-refractivity contribution in [3.05, 3.63) is 54.1 Å². The molecule has 3 saturated heterocycles. The van der Waals surface area contributed by atoms with Crippen LogP contribution in [0.1, 0.15) is 97.5 Å². The third-order valence-corrected chi connectivity index (χ3v) is 15.5. The molecule has 3 heterocycles. The van der Waals surface area contributed by atoms with E-state index < -0.39 is 24.9 Å². The van der Waals surface area contributed by atoms with Crippen molar-refractivity contribution in [2.45, 2.75) is 119 Å². The molecule has 2 aromatic carbocycles. The van der Waals surface area contributed by atoms with E-state index in [9.17, 15) is 16.8 Å². The monoisotopic (exact) mass is 729 g/mol. The Balaban J connectivity index is 1.02. The third-order valence-electron chi connectivity index (χ3n) is 11.6. The largest absolute Gasteiger partial charge is 0.490 e. The van der Waals surface area contributed by atoms with Gasteiger partial charge in [0.25, 0.3) is 0 Å². The van der Waals surface area contributed by atoms with E-state index in [0.717, 1.165) is 90.0 Å². The lowest BCUT2D eigenvalue weighted by Crippen LogP contribution is -2.44. The highest BCUT2D eigenvalue weighted by Crippen LogP contribution is 2.32. The van der Waals surface area contributed by atoms with E-state index in [2.05, 4.69) is 41.5 Å². The quantitative estimate of drug-likeness (QED) is 0.196. The van der Waals surface area contributed by atoms with Gasteiger partial charge in [-0.3, -0.25) is 0 Å². The van der Waals surface area contributed by atoms with Crippen LogP contribution < -0.4 is 4.74 Å². The Morgan fingerprint density at radius 2 is 1.38 bits per heavy atom. The topological polar surface area (TPSA) is 87.2 Å². The first-order chi connectivity index (χ1) is 23.8. The number of nitrogens with zero attached hydrogens (tertiary/aromatic N) is 3. The maximum absolute atomic E-state index is 13.6. The molecule has 0 aromatic heterocycles. The van der Waals surface area contributed by atoms with E-state index >= 15 is 0 Å². The summed E-state index contributed by atoms with van der Waals surface area (Å²) in [6.07, 6.45) is 8.09. The van der Waals surface area contributed by atoms with Gasteiger partial charge in [0.05, 0.1) is 20.8 Å². The number of piperidine rings is 3. The highest BCUT2D eigenvalue weighted by molar-refractivity contribution is 7.92. The minimum atomic E-state index is -3.45. The minimum Gasteiger partial charge on any atom is -0.490 e. The molecule has 8 nitrogen and oxygen atoms in total. The summed E-state index contributed by atoms with van der Waals surface area (Å²) in [4.78, 5) is 8.48. The van der Waals surface area contributed by atoms with Crippen LogP contribution in [0.25, 0.3) is 0 Å². The van der Waals surface area contributed by atoms with Gasteiger partial charge in [-0.25, -0.2) is 16.8 Å². The molecule has 3 aliphatic heterocycles. The number of hydrogen-bond donors (Lipinski definition) is 0. The number of benzene rings is 2. The van der Waals surface area contributed by atoms with E-state index in [1.165, 1.54) is 12.8 Å². The van der Waals surface area contributed by atoms with Crippen LogP contribution in [0.4, 0.5) is 0 Å². The van der Waals surface area contributed by atoms with Crippen molar-refractivity contribution in [3.63, 3.8) is 0 Å². The van der Waals surface area contributed by atoms with Gasteiger partial charge in [-0.1, -0.05) is 39.0 Å². The van der Waals surface area contributed by atoms with Crippen molar-refractivity contribution < 1.29 is 21.6 Å². The second-order valence-electron chi connectivity index (χ2n) is 15.8. The normalized spacial score (nSPS) is 21.4. The first-order valence-electron chi connectivity index (χ1n) is 19.4. The summed E-state index contributed by atoms with van der Waals surface area (Å²) in [5.41, 5.74) is 1.16. The number of likely N-dealkylation sites (tertiary alicyclic amines) is 3. The average Bonchev–Trinajstić information content (AvgIpc) is 3.12. The van der Waals surface area contributed by atoms with Gasteiger partial charge in [-0.15, -0.1) is 0 Å². The fourth-order valence-electron chi connectivity index (χ4n) is 8.21. The van der Waals surface area contributed by atoms with Crippen LogP contribution in [0, 0.1) is 11.8 Å². The van der Waals surface area contributed by atoms with E-state index in [0.29, 0.717) is 45.8 Å². The van der Waals surface area contributed by atoms with Gasteiger partial charge < -0.3 is 19.4 Å². The summed E-state index contributed by atoms with van der Waals surface area (Å²) in [5, 5.41) is -0.446. The molecule has 0 spiro atoms. The standard InChI is InChI=1S/C40H63N3O5S2/c1-6-49(44,45)39-11-7-9-36(27-39)35-17-21-42(22-18-35)30-34-15-25-43(26-16-34)32(4)13-14-33(5)50(46,47)40-12-8-10-38(28-40)48-37-19-23-41(24-20-37)29-31(2)3/h7-12,27-28,31-35,37H,6,13-26,29-30H2,1-5H3. The first-order valence-corrected chi connectivity index (χ1v) is 22.6. The Bertz CT molecular complexity index is 1570. The summed E-state index contributed by atoms with van der Waals surface area (Å²) in [6, 6.07) is 15.1. The molecule has 2 aromatic rings. The highest BCUT2D eigenvalue weighted by atomic mass is 32.2. The molecule has 0 radical (unpaired) electrons. The van der Waals surface area contributed by atoms with Gasteiger partial charge in [0.15, 0.2) is 19.7 Å². The zero-order valence-corrected chi connectivity index (χ0v) is 32.9. The summed E-state index contributed by atoms with van der Waals surface area (Å²) in [6.45, 7) is 18.9. The predicted molar refractivity (Wildman–Crippen MR) is 204 cm³/mol. The Kier molecular flexibility index (Phi) is 13.9. The van der Waals surface area contributed by atoms with Gasteiger partial charge in [-0.05, 0) is 145 Å². The average molecular weight is 730 g/mol. The van der Waals surface area contributed by atoms with Crippen molar-refractivity contribution in [1.29, 1.82) is 0 Å². The molecule has 0 N–H and O–H groups in total. The zero-order valence-electron chi connectivity index (χ0n) is 31.3. The van der Waals surface area contributed by atoms with E-state index in [4.69, 9.17) is 4.74 Å². The van der Waals surface area contributed by atoms with Gasteiger partial charge in [0.2, 0.25) is 0 Å². The number of ether oxygens (including phenoxy) is 1. The summed E-state index contributed by atoms with van der Waals surface area (Å²) in [7, 11) is -6.63. The van der Waals surface area contributed by atoms with Gasteiger partial charge in [-0.2, -0.15) is 0 Å². The smallest absolute Gasteiger partial charge is 0.181 e. The molecule has 2 atom stereocenters. The predicted octanol–water partition coefficient (Wildman–Crippen LogP) is 6.90. The zero-order chi connectivity index (χ0) is 35.9. The Hall–Kier alpha value is -1.98. The molecule has 2 unspecified atom stereocenters. The van der Waals surface area contributed by atoms with Crippen molar-refractivity contribution in [2.24, 2.45) is 11.8 Å². The van der Waals surface area contributed by atoms with Crippen LogP contribution in [0.3, 0.4) is 0 Å². The summed E-state index contributed by atoms with van der Waals surface area (Å²) >= 11 is 0. The van der Waals surface area contributed by atoms with Crippen molar-refractivity contribution in [2.75, 3.05) is 58.1 Å². The molecule has 50 heavy (non-hydrogen) atoms. The van der Waals surface area contributed by atoms with Crippen molar-refractivity contribution in [3.8, 4) is 5.75 Å². The Morgan fingerprint density at radius 3 is 2.04 bits per heavy atom. The van der Waals surface area contributed by atoms with E-state index in [1.54, 1.807) is 25.1 Å². The van der Waals surface area contributed by atoms with E-state index in [-0.39, 0.29) is 11.9 Å². The van der Waals surface area contributed by atoms with Crippen LogP contribution in [-0.2, 0) is 19.7 Å². The second-order valence-corrected chi connectivity index (χ2v) is 20.4. The van der Waals surface area contributed by atoms with Gasteiger partial charge in [0, 0.05) is 32.2 Å². The Labute approximate surface area is 303 Å². The van der Waals surface area contributed by atoms with Crippen LogP contribution in [0.5, 0.6) is 5.75 Å². The summed E-state index contributed by atoms with van der Waals surface area (Å²) < 4.78 is 58.3. The molecule has 3 aliphatic rings. The van der Waals surface area contributed by atoms with Gasteiger partial charge in [0.1, 0.15) is 11.9 Å². The number of hydrogen-bond acceptors (Lipinski definition) is 8. The van der Waals surface area contributed by atoms with Crippen LogP contribution in [0.15, 0.2) is 58.3 Å². The third kappa shape index (κ3) is 10.6. The lowest BCUT2D eigenvalue weighted by molar-refractivity contribution is 0.0939. The van der Waals surface area contributed by atoms with Crippen molar-refractivity contribution >= 4 is 19.7 Å². The minimum absolute atomic E-state index is 0.134. The molecular formula is C40H63N3O5S2. The SMILES string of the molecule is CCS(=O)(=O)c1cccc(C2CCN(CC3CCN(C(C)CCC(C)S(=O)(=O)c4cccc(OC5CCN(CC(C)C)CC5)c4)CC3)CC2)c1. The molecule has 0 aliphatic carbocycles. The Morgan fingerprint density at radius 1 is 0.740 bits per heavy atom. The maximum atomic E-state index is 13.6. The van der Waals surface area contributed by atoms with Crippen LogP contribution >= 0.6 is 0 Å². The lowest BCUT2D eigenvalue weighted by Gasteiger charge is -2.39. The number of rotatable bonds is 15. The second kappa shape index (κ2) is 17.7. The summed E-state index contributed by atoms with van der Waals surface area (Å²) in [5.74, 6) is 2.57. The molecule has 0 saturated carbocycles. The van der Waals surface area contributed by atoms with E-state index in [1.807, 2.05) is 31.2 Å². The number of sulfone groups is 2. The van der Waals surface area contributed by atoms with Gasteiger partial charge >= 0.3 is 0 Å². The molecule has 3 fully saturated rings. The molecular weight excluding hydrogens is 667 g/mol. The fourth-order valence-corrected chi connectivity index (χ4v) is 10.6. The van der Waals surface area contributed by atoms with Crippen molar-refractivity contribution in [1.82, 2.24) is 14.7 Å². The molecule has 0 bridgehead atoms. The molecule has 5 rings (SSSR count). The fraction of sp³-hybridized carbons (Fsp3) is 0.700. The maximum Gasteiger partial charge on any atom is 0.181 e.